The molecule has 2 heterocycles. The van der Waals surface area contributed by atoms with Gasteiger partial charge in [-0.2, -0.15) is 0 Å². The third-order valence-electron chi connectivity index (χ3n) is 10.9. The lowest BCUT2D eigenvalue weighted by Crippen LogP contribution is -2.65. The van der Waals surface area contributed by atoms with Crippen molar-refractivity contribution in [3.8, 4) is 0 Å². The van der Waals surface area contributed by atoms with E-state index in [0.717, 1.165) is 70.6 Å². The molecule has 2 aliphatic heterocycles. The van der Waals surface area contributed by atoms with Gasteiger partial charge in [-0.25, -0.2) is 0 Å². The van der Waals surface area contributed by atoms with Crippen LogP contribution in [0.1, 0.15) is 110 Å². The summed E-state index contributed by atoms with van der Waals surface area (Å²) < 4.78 is 36.3. The molecule has 0 amide bonds. The minimum absolute atomic E-state index is 0.0126. The van der Waals surface area contributed by atoms with Crippen molar-refractivity contribution in [2.75, 3.05) is 26.4 Å². The highest BCUT2D eigenvalue weighted by atomic mass is 16.7. The average molecular weight is 841 g/mol. The number of hydrogen-bond donors (Lipinski definition) is 5. The predicted octanol–water partition coefficient (Wildman–Crippen LogP) is 5.66. The van der Waals surface area contributed by atoms with Crippen LogP contribution in [0.15, 0.2) is 20.5 Å². The molecule has 0 aromatic heterocycles. The van der Waals surface area contributed by atoms with Gasteiger partial charge in [-0.15, -0.1) is 0 Å². The van der Waals surface area contributed by atoms with Gasteiger partial charge >= 0.3 is 0 Å². The molecule has 0 unspecified atom stereocenters. The second-order valence-electron chi connectivity index (χ2n) is 15.3. The third-order valence-corrected chi connectivity index (χ3v) is 10.9. The molecule has 3 fully saturated rings. The van der Waals surface area contributed by atoms with Crippen LogP contribution < -0.4 is 0 Å². The fourth-order valence-electron chi connectivity index (χ4n) is 7.66. The standard InChI is InChI=1S/C36H64N12O11/c1-3-5-7-9-11-13-15-17-54-21-25-34(55-18-16-14-12-10-8-6-4-2)26(44-48-40)28(50)35(57-25)58-32-22(42-46-38)19-23(43-47-39)33(31(32)53)59-36-30(52)29(51)27(49)24(56-36)20-41-45-37/h22-36,49-53H,3-21H2,1-2H3/t22-,23+,24-,25-,26-,27-,28-,29+,30-,31-,32+,33-,34-,35-,36-/m1/s1. The van der Waals surface area contributed by atoms with E-state index in [-0.39, 0.29) is 13.0 Å². The number of unbranched alkanes of at least 4 members (excludes halogenated alkanes) is 12. The highest BCUT2D eigenvalue weighted by molar-refractivity contribution is 5.04. The molecule has 5 N–H and O–H groups in total. The molecule has 3 rings (SSSR count). The summed E-state index contributed by atoms with van der Waals surface area (Å²) in [6.45, 7) is 4.59. The van der Waals surface area contributed by atoms with Crippen LogP contribution in [0.4, 0.5) is 0 Å². The zero-order chi connectivity index (χ0) is 43.0. The van der Waals surface area contributed by atoms with Crippen LogP contribution in [0.25, 0.3) is 41.8 Å². The molecule has 0 aromatic rings. The fraction of sp³-hybridized carbons (Fsp3) is 1.00. The minimum Gasteiger partial charge on any atom is -0.388 e. The molecule has 15 atom stereocenters. The zero-order valence-electron chi connectivity index (χ0n) is 34.1. The van der Waals surface area contributed by atoms with Crippen molar-refractivity contribution in [1.29, 1.82) is 0 Å². The summed E-state index contributed by atoms with van der Waals surface area (Å²) in [5, 5.41) is 69.8. The molecule has 23 heteroatoms. The van der Waals surface area contributed by atoms with E-state index in [1.807, 2.05) is 0 Å². The zero-order valence-corrected chi connectivity index (χ0v) is 34.1. The molecule has 23 nitrogen and oxygen atoms in total. The van der Waals surface area contributed by atoms with Gasteiger partial charge in [0.1, 0.15) is 36.6 Å². The summed E-state index contributed by atoms with van der Waals surface area (Å²) in [6.07, 6.45) is -3.88. The Bertz CT molecular complexity index is 1400. The minimum atomic E-state index is -1.88. The van der Waals surface area contributed by atoms with Crippen LogP contribution in [0, 0.1) is 0 Å². The molecule has 0 spiro atoms. The molecule has 0 bridgehead atoms. The molecule has 59 heavy (non-hydrogen) atoms. The van der Waals surface area contributed by atoms with Crippen molar-refractivity contribution in [2.24, 2.45) is 20.5 Å². The number of nitrogens with zero attached hydrogens (tertiary/aromatic N) is 12. The van der Waals surface area contributed by atoms with Crippen molar-refractivity contribution in [2.45, 2.75) is 202 Å². The van der Waals surface area contributed by atoms with Gasteiger partial charge in [-0.1, -0.05) is 111 Å². The molecule has 0 aromatic carbocycles. The van der Waals surface area contributed by atoms with Crippen LogP contribution in [0.5, 0.6) is 0 Å². The van der Waals surface area contributed by atoms with E-state index in [1.54, 1.807) is 0 Å². The van der Waals surface area contributed by atoms with Crippen LogP contribution in [0.2, 0.25) is 0 Å². The Morgan fingerprint density at radius 2 is 1.05 bits per heavy atom. The summed E-state index contributed by atoms with van der Waals surface area (Å²) in [5.74, 6) is 0. The van der Waals surface area contributed by atoms with Gasteiger partial charge in [-0.3, -0.25) is 0 Å². The second kappa shape index (κ2) is 28.3. The van der Waals surface area contributed by atoms with Crippen molar-refractivity contribution in [3.63, 3.8) is 0 Å². The maximum absolute atomic E-state index is 11.8. The van der Waals surface area contributed by atoms with Crippen molar-refractivity contribution in [3.05, 3.63) is 41.8 Å². The van der Waals surface area contributed by atoms with E-state index < -0.39 is 98.3 Å². The molecular weight excluding hydrogens is 776 g/mol. The van der Waals surface area contributed by atoms with Gasteiger partial charge in [0.2, 0.25) is 0 Å². The Kier molecular flexibility index (Phi) is 24.1. The summed E-state index contributed by atoms with van der Waals surface area (Å²) in [7, 11) is 0. The average Bonchev–Trinajstić information content (AvgIpc) is 3.22. The van der Waals surface area contributed by atoms with Gasteiger partial charge in [0.15, 0.2) is 12.6 Å². The molecule has 0 radical (unpaired) electrons. The van der Waals surface area contributed by atoms with Gasteiger partial charge in [0.05, 0.1) is 55.7 Å². The Hall–Kier alpha value is -3.20. The van der Waals surface area contributed by atoms with Crippen molar-refractivity contribution >= 4 is 0 Å². The first-order valence-electron chi connectivity index (χ1n) is 21.0. The summed E-state index contributed by atoms with van der Waals surface area (Å²) >= 11 is 0. The van der Waals surface area contributed by atoms with E-state index >= 15 is 0 Å². The number of azide groups is 4. The molecule has 1 aliphatic carbocycles. The normalized spacial score (nSPS) is 34.5. The quantitative estimate of drug-likeness (QED) is 0.0277. The highest BCUT2D eigenvalue weighted by Crippen LogP contribution is 2.36. The first kappa shape index (κ1) is 50.2. The largest absolute Gasteiger partial charge is 0.388 e. The topological polar surface area (TPSA) is 352 Å². The molecule has 3 aliphatic rings. The van der Waals surface area contributed by atoms with Gasteiger partial charge in [0.25, 0.3) is 0 Å². The molecular formula is C36H64N12O11. The van der Waals surface area contributed by atoms with Gasteiger partial charge < -0.3 is 54.0 Å². The molecule has 2 saturated heterocycles. The SMILES string of the molecule is CCCCCCCCCOC[C@H]1O[C@H](O[C@@H]2[C@@H](O)[C@H](O[C@H]3O[C@H](CN=[N+]=[N-])[C@@H](O)[C@H](O)[C@H]3O)[C@@H](N=[N+]=[N-])C[C@H]2N=[N+]=[N-])[C@H](O)[C@@H](N=[N+]=[N-])[C@@H]1OCCCCCCCCC. The van der Waals surface area contributed by atoms with Gasteiger partial charge in [-0.05, 0) is 41.4 Å². The first-order chi connectivity index (χ1) is 28.7. The van der Waals surface area contributed by atoms with Crippen LogP contribution in [-0.4, -0.2) is 144 Å². The number of rotatable bonds is 28. The van der Waals surface area contributed by atoms with E-state index in [2.05, 4.69) is 54.0 Å². The lowest BCUT2D eigenvalue weighted by atomic mass is 9.84. The van der Waals surface area contributed by atoms with E-state index in [9.17, 15) is 42.1 Å². The summed E-state index contributed by atoms with van der Waals surface area (Å²) in [4.78, 5) is 11.3. The number of aliphatic hydroxyl groups excluding tert-OH is 5. The Morgan fingerprint density at radius 3 is 1.59 bits per heavy atom. The Balaban J connectivity index is 1.84. The van der Waals surface area contributed by atoms with E-state index in [0.29, 0.717) is 13.2 Å². The van der Waals surface area contributed by atoms with Crippen LogP contribution >= 0.6 is 0 Å². The predicted molar refractivity (Wildman–Crippen MR) is 211 cm³/mol. The van der Waals surface area contributed by atoms with Gasteiger partial charge in [0, 0.05) is 32.9 Å². The highest BCUT2D eigenvalue weighted by Gasteiger charge is 2.53. The van der Waals surface area contributed by atoms with Crippen molar-refractivity contribution in [1.82, 2.24) is 0 Å². The number of ether oxygens (including phenoxy) is 6. The number of aliphatic hydroxyl groups is 5. The smallest absolute Gasteiger partial charge is 0.186 e. The summed E-state index contributed by atoms with van der Waals surface area (Å²) in [6, 6.07) is -3.73. The Morgan fingerprint density at radius 1 is 0.542 bits per heavy atom. The monoisotopic (exact) mass is 840 g/mol. The molecule has 334 valence electrons. The molecule has 1 saturated carbocycles. The summed E-state index contributed by atoms with van der Waals surface area (Å²) in [5.41, 5.74) is 37.2. The lowest BCUT2D eigenvalue weighted by molar-refractivity contribution is -0.333. The van der Waals surface area contributed by atoms with Crippen LogP contribution in [0.3, 0.4) is 0 Å². The maximum Gasteiger partial charge on any atom is 0.186 e. The van der Waals surface area contributed by atoms with Crippen molar-refractivity contribution < 1.29 is 54.0 Å². The third kappa shape index (κ3) is 15.7. The van der Waals surface area contributed by atoms with E-state index in [1.165, 1.54) is 19.3 Å². The maximum atomic E-state index is 11.8. The lowest BCUT2D eigenvalue weighted by Gasteiger charge is -2.48. The number of hydrogen-bond acceptors (Lipinski definition) is 15. The second-order valence-corrected chi connectivity index (χ2v) is 15.3. The van der Waals surface area contributed by atoms with Crippen LogP contribution in [-0.2, 0) is 28.4 Å². The first-order valence-corrected chi connectivity index (χ1v) is 21.0. The fourth-order valence-corrected chi connectivity index (χ4v) is 7.66. The Labute approximate surface area is 344 Å². The van der Waals surface area contributed by atoms with E-state index in [4.69, 9.17) is 34.0 Å².